The Balaban J connectivity index is 1.87. The molecule has 2 aliphatic rings. The third-order valence-corrected chi connectivity index (χ3v) is 5.98. The van der Waals surface area contributed by atoms with E-state index in [1.807, 2.05) is 11.8 Å². The van der Waals surface area contributed by atoms with Crippen LogP contribution >= 0.6 is 11.8 Å². The molecule has 0 radical (unpaired) electrons. The van der Waals surface area contributed by atoms with Gasteiger partial charge in [-0.1, -0.05) is 26.2 Å². The summed E-state index contributed by atoms with van der Waals surface area (Å²) in [7, 11) is 0. The normalized spacial score (nSPS) is 30.5. The summed E-state index contributed by atoms with van der Waals surface area (Å²) in [5.74, 6) is 0. The van der Waals surface area contributed by atoms with Crippen LogP contribution in [-0.4, -0.2) is 47.6 Å². The summed E-state index contributed by atoms with van der Waals surface area (Å²) in [6.45, 7) is 8.50. The second kappa shape index (κ2) is 6.62. The third kappa shape index (κ3) is 3.64. The van der Waals surface area contributed by atoms with E-state index in [0.717, 1.165) is 5.25 Å². The van der Waals surface area contributed by atoms with Gasteiger partial charge in [0.15, 0.2) is 0 Å². The molecule has 1 N–H and O–H groups in total. The molecule has 106 valence electrons. The van der Waals surface area contributed by atoms with Crippen molar-refractivity contribution in [2.24, 2.45) is 0 Å². The predicted octanol–water partition coefficient (Wildman–Crippen LogP) is 3.12. The molecular formula is C15H30N2S. The fourth-order valence-electron chi connectivity index (χ4n) is 3.42. The first-order valence-electron chi connectivity index (χ1n) is 7.67. The minimum atomic E-state index is 0.466. The number of hydrogen-bond acceptors (Lipinski definition) is 3. The molecule has 2 unspecified atom stereocenters. The van der Waals surface area contributed by atoms with Crippen LogP contribution in [0.1, 0.15) is 52.4 Å². The van der Waals surface area contributed by atoms with E-state index in [1.54, 1.807) is 0 Å². The smallest absolute Gasteiger partial charge is 0.0309 e. The van der Waals surface area contributed by atoms with Crippen LogP contribution in [0.25, 0.3) is 0 Å². The minimum absolute atomic E-state index is 0.466. The van der Waals surface area contributed by atoms with Gasteiger partial charge in [0, 0.05) is 29.9 Å². The molecule has 1 aliphatic heterocycles. The first-order valence-corrected chi connectivity index (χ1v) is 8.96. The van der Waals surface area contributed by atoms with E-state index in [0.29, 0.717) is 11.6 Å². The number of rotatable bonds is 4. The Bertz CT molecular complexity index is 251. The highest BCUT2D eigenvalue weighted by atomic mass is 32.2. The maximum absolute atomic E-state index is 3.87. The topological polar surface area (TPSA) is 15.3 Å². The molecule has 2 fully saturated rings. The van der Waals surface area contributed by atoms with Gasteiger partial charge in [-0.05, 0) is 39.0 Å². The SMILES string of the molecule is CSC(C)CCN1CC2(CCCCC2)NCC1C. The molecular weight excluding hydrogens is 240 g/mol. The Morgan fingerprint density at radius 1 is 1.33 bits per heavy atom. The molecule has 3 heteroatoms. The monoisotopic (exact) mass is 270 g/mol. The van der Waals surface area contributed by atoms with Crippen LogP contribution in [0.5, 0.6) is 0 Å². The molecule has 2 rings (SSSR count). The standard InChI is InChI=1S/C15H30N2S/c1-13-11-16-15(8-5-4-6-9-15)12-17(13)10-7-14(2)18-3/h13-14,16H,4-12H2,1-3H3. The van der Waals surface area contributed by atoms with Gasteiger partial charge in [0.2, 0.25) is 0 Å². The molecule has 1 spiro atoms. The number of nitrogens with one attached hydrogen (secondary N) is 1. The Kier molecular flexibility index (Phi) is 5.40. The highest BCUT2D eigenvalue weighted by Gasteiger charge is 2.38. The summed E-state index contributed by atoms with van der Waals surface area (Å²) in [6, 6.07) is 0.714. The zero-order valence-corrected chi connectivity index (χ0v) is 13.2. The zero-order chi connectivity index (χ0) is 13.0. The highest BCUT2D eigenvalue weighted by molar-refractivity contribution is 7.99. The molecule has 2 nitrogen and oxygen atoms in total. The number of piperazine rings is 1. The van der Waals surface area contributed by atoms with Crippen molar-refractivity contribution in [3.63, 3.8) is 0 Å². The summed E-state index contributed by atoms with van der Waals surface area (Å²) in [5, 5.41) is 4.67. The van der Waals surface area contributed by atoms with Gasteiger partial charge in [-0.25, -0.2) is 0 Å². The summed E-state index contributed by atoms with van der Waals surface area (Å²) in [5.41, 5.74) is 0.466. The van der Waals surface area contributed by atoms with Gasteiger partial charge >= 0.3 is 0 Å². The van der Waals surface area contributed by atoms with Crippen molar-refractivity contribution in [2.45, 2.75) is 69.2 Å². The number of thioether (sulfide) groups is 1. The molecule has 2 atom stereocenters. The lowest BCUT2D eigenvalue weighted by atomic mass is 9.79. The van der Waals surface area contributed by atoms with Gasteiger partial charge in [0.1, 0.15) is 0 Å². The van der Waals surface area contributed by atoms with Crippen LogP contribution in [0.3, 0.4) is 0 Å². The third-order valence-electron chi connectivity index (χ3n) is 4.94. The average molecular weight is 270 g/mol. The Labute approximate surface area is 117 Å². The molecule has 0 bridgehead atoms. The van der Waals surface area contributed by atoms with E-state index in [9.17, 15) is 0 Å². The van der Waals surface area contributed by atoms with E-state index >= 15 is 0 Å². The van der Waals surface area contributed by atoms with E-state index in [-0.39, 0.29) is 0 Å². The maximum Gasteiger partial charge on any atom is 0.0309 e. The molecule has 1 aliphatic carbocycles. The maximum atomic E-state index is 3.87. The zero-order valence-electron chi connectivity index (χ0n) is 12.4. The predicted molar refractivity (Wildman–Crippen MR) is 82.4 cm³/mol. The average Bonchev–Trinajstić information content (AvgIpc) is 2.41. The van der Waals surface area contributed by atoms with Crippen LogP contribution in [0.2, 0.25) is 0 Å². The van der Waals surface area contributed by atoms with Gasteiger partial charge in [-0.15, -0.1) is 0 Å². The fourth-order valence-corrected chi connectivity index (χ4v) is 3.76. The van der Waals surface area contributed by atoms with E-state index in [4.69, 9.17) is 0 Å². The molecule has 1 saturated heterocycles. The second-order valence-electron chi connectivity index (χ2n) is 6.38. The number of nitrogens with zero attached hydrogens (tertiary/aromatic N) is 1. The summed E-state index contributed by atoms with van der Waals surface area (Å²) >= 11 is 2.00. The largest absolute Gasteiger partial charge is 0.308 e. The van der Waals surface area contributed by atoms with Crippen LogP contribution in [0, 0.1) is 0 Å². The molecule has 0 amide bonds. The molecule has 1 saturated carbocycles. The summed E-state index contributed by atoms with van der Waals surface area (Å²) < 4.78 is 0. The molecule has 18 heavy (non-hydrogen) atoms. The summed E-state index contributed by atoms with van der Waals surface area (Å²) in [6.07, 6.45) is 10.7. The van der Waals surface area contributed by atoms with Gasteiger partial charge in [-0.2, -0.15) is 11.8 Å². The lowest BCUT2D eigenvalue weighted by Crippen LogP contribution is -2.64. The van der Waals surface area contributed by atoms with E-state index in [1.165, 1.54) is 58.2 Å². The number of hydrogen-bond donors (Lipinski definition) is 1. The van der Waals surface area contributed by atoms with E-state index < -0.39 is 0 Å². The van der Waals surface area contributed by atoms with Gasteiger partial charge < -0.3 is 5.32 Å². The first kappa shape index (κ1) is 14.7. The van der Waals surface area contributed by atoms with Crippen molar-refractivity contribution in [3.05, 3.63) is 0 Å². The van der Waals surface area contributed by atoms with E-state index in [2.05, 4.69) is 30.3 Å². The molecule has 0 aromatic rings. The molecule has 0 aromatic carbocycles. The molecule has 0 aromatic heterocycles. The Morgan fingerprint density at radius 3 is 2.72 bits per heavy atom. The van der Waals surface area contributed by atoms with Gasteiger partial charge in [-0.3, -0.25) is 4.90 Å². The van der Waals surface area contributed by atoms with Crippen molar-refractivity contribution in [1.29, 1.82) is 0 Å². The lowest BCUT2D eigenvalue weighted by Gasteiger charge is -2.49. The second-order valence-corrected chi connectivity index (χ2v) is 7.65. The van der Waals surface area contributed by atoms with Crippen molar-refractivity contribution < 1.29 is 0 Å². The van der Waals surface area contributed by atoms with Crippen molar-refractivity contribution in [3.8, 4) is 0 Å². The van der Waals surface area contributed by atoms with Crippen molar-refractivity contribution >= 4 is 11.8 Å². The van der Waals surface area contributed by atoms with Crippen molar-refractivity contribution in [2.75, 3.05) is 25.9 Å². The molecule has 1 heterocycles. The first-order chi connectivity index (χ1) is 8.65. The quantitative estimate of drug-likeness (QED) is 0.845. The Morgan fingerprint density at radius 2 is 2.06 bits per heavy atom. The minimum Gasteiger partial charge on any atom is -0.308 e. The highest BCUT2D eigenvalue weighted by Crippen LogP contribution is 2.32. The van der Waals surface area contributed by atoms with Crippen molar-refractivity contribution in [1.82, 2.24) is 10.2 Å². The van der Waals surface area contributed by atoms with Crippen LogP contribution < -0.4 is 5.32 Å². The Hall–Kier alpha value is 0.270. The summed E-state index contributed by atoms with van der Waals surface area (Å²) in [4.78, 5) is 2.74. The fraction of sp³-hybridized carbons (Fsp3) is 1.00. The van der Waals surface area contributed by atoms with Gasteiger partial charge in [0.05, 0.1) is 0 Å². The van der Waals surface area contributed by atoms with Crippen LogP contribution in [0.4, 0.5) is 0 Å². The van der Waals surface area contributed by atoms with Gasteiger partial charge in [0.25, 0.3) is 0 Å². The van der Waals surface area contributed by atoms with Crippen LogP contribution in [0.15, 0.2) is 0 Å². The lowest BCUT2D eigenvalue weighted by molar-refractivity contribution is 0.0622. The van der Waals surface area contributed by atoms with Crippen LogP contribution in [-0.2, 0) is 0 Å².